The summed E-state index contributed by atoms with van der Waals surface area (Å²) in [5, 5.41) is 3.51. The van der Waals surface area contributed by atoms with Gasteiger partial charge in [0.05, 0.1) is 0 Å². The summed E-state index contributed by atoms with van der Waals surface area (Å²) in [6, 6.07) is 11.1. The number of hydrogen-bond acceptors (Lipinski definition) is 1. The molecule has 102 valence electrons. The zero-order chi connectivity index (χ0) is 13.7. The van der Waals surface area contributed by atoms with Crippen LogP contribution in [-0.2, 0) is 6.54 Å². The maximum atomic E-state index is 3.52. The second-order valence-electron chi connectivity index (χ2n) is 4.77. The van der Waals surface area contributed by atoms with Gasteiger partial charge in [-0.05, 0) is 42.3 Å². The van der Waals surface area contributed by atoms with Gasteiger partial charge in [0.25, 0.3) is 0 Å². The molecule has 0 aliphatic rings. The standard InChI is InChI=1S/C16H21BrN2/c1-3-16(18-4-2)14-8-9-19(12-14)11-13-6-5-7-15(17)10-13/h5-10,12,16,18H,3-4,11H2,1-2H3. The lowest BCUT2D eigenvalue weighted by Crippen LogP contribution is -2.19. The summed E-state index contributed by atoms with van der Waals surface area (Å²) in [5.41, 5.74) is 2.69. The van der Waals surface area contributed by atoms with Crippen molar-refractivity contribution in [2.24, 2.45) is 0 Å². The van der Waals surface area contributed by atoms with Crippen molar-refractivity contribution in [3.8, 4) is 0 Å². The molecule has 1 unspecified atom stereocenters. The number of benzene rings is 1. The lowest BCUT2D eigenvalue weighted by atomic mass is 10.1. The van der Waals surface area contributed by atoms with E-state index in [2.05, 4.69) is 82.4 Å². The van der Waals surface area contributed by atoms with Gasteiger partial charge in [-0.3, -0.25) is 0 Å². The van der Waals surface area contributed by atoms with E-state index in [1.807, 2.05) is 0 Å². The van der Waals surface area contributed by atoms with Gasteiger partial charge in [-0.2, -0.15) is 0 Å². The Morgan fingerprint density at radius 3 is 2.79 bits per heavy atom. The van der Waals surface area contributed by atoms with E-state index in [0.29, 0.717) is 6.04 Å². The third kappa shape index (κ3) is 3.95. The molecule has 1 atom stereocenters. The highest BCUT2D eigenvalue weighted by atomic mass is 79.9. The number of nitrogens with one attached hydrogen (secondary N) is 1. The zero-order valence-corrected chi connectivity index (χ0v) is 13.2. The summed E-state index contributed by atoms with van der Waals surface area (Å²) in [5.74, 6) is 0. The van der Waals surface area contributed by atoms with Crippen molar-refractivity contribution >= 4 is 15.9 Å². The van der Waals surface area contributed by atoms with Crippen molar-refractivity contribution in [2.75, 3.05) is 6.54 Å². The van der Waals surface area contributed by atoms with E-state index in [9.17, 15) is 0 Å². The Morgan fingerprint density at radius 1 is 1.26 bits per heavy atom. The van der Waals surface area contributed by atoms with E-state index in [1.54, 1.807) is 0 Å². The molecule has 1 heterocycles. The van der Waals surface area contributed by atoms with Crippen LogP contribution in [0.5, 0.6) is 0 Å². The number of hydrogen-bond donors (Lipinski definition) is 1. The van der Waals surface area contributed by atoms with Crippen LogP contribution < -0.4 is 5.32 Å². The minimum Gasteiger partial charge on any atom is -0.350 e. The Morgan fingerprint density at radius 2 is 2.11 bits per heavy atom. The van der Waals surface area contributed by atoms with Crippen LogP contribution in [0.3, 0.4) is 0 Å². The molecule has 3 heteroatoms. The lowest BCUT2D eigenvalue weighted by molar-refractivity contribution is 0.536. The molecule has 0 bridgehead atoms. The smallest absolute Gasteiger partial charge is 0.0470 e. The molecular weight excluding hydrogens is 300 g/mol. The third-order valence-corrected chi connectivity index (χ3v) is 3.78. The summed E-state index contributed by atoms with van der Waals surface area (Å²) < 4.78 is 3.38. The van der Waals surface area contributed by atoms with Crippen molar-refractivity contribution < 1.29 is 0 Å². The Hall–Kier alpha value is -1.06. The van der Waals surface area contributed by atoms with Gasteiger partial charge in [0.2, 0.25) is 0 Å². The molecule has 2 aromatic rings. The fraction of sp³-hybridized carbons (Fsp3) is 0.375. The van der Waals surface area contributed by atoms with Crippen LogP contribution in [0.15, 0.2) is 47.2 Å². The summed E-state index contributed by atoms with van der Waals surface area (Å²) >= 11 is 3.52. The Kier molecular flexibility index (Phi) is 5.23. The topological polar surface area (TPSA) is 17.0 Å². The van der Waals surface area contributed by atoms with Gasteiger partial charge in [0.1, 0.15) is 0 Å². The molecule has 1 N–H and O–H groups in total. The van der Waals surface area contributed by atoms with Crippen LogP contribution in [0.1, 0.15) is 37.4 Å². The van der Waals surface area contributed by atoms with Crippen molar-refractivity contribution in [3.05, 3.63) is 58.3 Å². The molecule has 0 saturated heterocycles. The van der Waals surface area contributed by atoms with E-state index in [0.717, 1.165) is 24.0 Å². The van der Waals surface area contributed by atoms with E-state index < -0.39 is 0 Å². The molecule has 1 aromatic carbocycles. The molecule has 0 aliphatic heterocycles. The van der Waals surface area contributed by atoms with Crippen molar-refractivity contribution in [2.45, 2.75) is 32.9 Å². The third-order valence-electron chi connectivity index (χ3n) is 3.29. The first-order valence-electron chi connectivity index (χ1n) is 6.86. The maximum Gasteiger partial charge on any atom is 0.0470 e. The van der Waals surface area contributed by atoms with Crippen LogP contribution >= 0.6 is 15.9 Å². The van der Waals surface area contributed by atoms with E-state index >= 15 is 0 Å². The molecule has 0 saturated carbocycles. The first-order valence-corrected chi connectivity index (χ1v) is 7.65. The molecule has 0 spiro atoms. The number of rotatable bonds is 6. The quantitative estimate of drug-likeness (QED) is 0.836. The molecule has 0 radical (unpaired) electrons. The first-order chi connectivity index (χ1) is 9.22. The van der Waals surface area contributed by atoms with Crippen molar-refractivity contribution in [1.82, 2.24) is 9.88 Å². The van der Waals surface area contributed by atoms with Crippen LogP contribution in [-0.4, -0.2) is 11.1 Å². The summed E-state index contributed by atoms with van der Waals surface area (Å²) in [4.78, 5) is 0. The fourth-order valence-electron chi connectivity index (χ4n) is 2.35. The predicted octanol–water partition coefficient (Wildman–Crippen LogP) is 4.36. The fourth-order valence-corrected chi connectivity index (χ4v) is 2.80. The molecular formula is C16H21BrN2. The Labute approximate surface area is 124 Å². The average molecular weight is 321 g/mol. The zero-order valence-electron chi connectivity index (χ0n) is 11.6. The Balaban J connectivity index is 2.08. The molecule has 19 heavy (non-hydrogen) atoms. The van der Waals surface area contributed by atoms with Gasteiger partial charge in [-0.15, -0.1) is 0 Å². The van der Waals surface area contributed by atoms with E-state index in [1.165, 1.54) is 11.1 Å². The van der Waals surface area contributed by atoms with Crippen LogP contribution in [0.4, 0.5) is 0 Å². The summed E-state index contributed by atoms with van der Waals surface area (Å²) in [7, 11) is 0. The maximum absolute atomic E-state index is 3.52. The predicted molar refractivity (Wildman–Crippen MR) is 84.4 cm³/mol. The SMILES string of the molecule is CCNC(CC)c1ccn(Cc2cccc(Br)c2)c1. The second-order valence-corrected chi connectivity index (χ2v) is 5.68. The summed E-state index contributed by atoms with van der Waals surface area (Å²) in [6.45, 7) is 6.30. The molecule has 0 amide bonds. The molecule has 0 aliphatic carbocycles. The van der Waals surface area contributed by atoms with Gasteiger partial charge in [0, 0.05) is 29.5 Å². The van der Waals surface area contributed by atoms with Crippen LogP contribution in [0, 0.1) is 0 Å². The first kappa shape index (κ1) is 14.4. The largest absolute Gasteiger partial charge is 0.350 e. The van der Waals surface area contributed by atoms with Crippen molar-refractivity contribution in [3.63, 3.8) is 0 Å². The van der Waals surface area contributed by atoms with Gasteiger partial charge in [0.15, 0.2) is 0 Å². The minimum atomic E-state index is 0.466. The lowest BCUT2D eigenvalue weighted by Gasteiger charge is -2.14. The Bertz CT molecular complexity index is 519. The van der Waals surface area contributed by atoms with Gasteiger partial charge in [-0.25, -0.2) is 0 Å². The van der Waals surface area contributed by atoms with Gasteiger partial charge in [-0.1, -0.05) is 41.9 Å². The summed E-state index contributed by atoms with van der Waals surface area (Å²) in [6.07, 6.45) is 5.53. The van der Waals surface area contributed by atoms with E-state index in [4.69, 9.17) is 0 Å². The highest BCUT2D eigenvalue weighted by molar-refractivity contribution is 9.10. The van der Waals surface area contributed by atoms with Gasteiger partial charge < -0.3 is 9.88 Å². The highest BCUT2D eigenvalue weighted by Crippen LogP contribution is 2.18. The van der Waals surface area contributed by atoms with E-state index in [-0.39, 0.29) is 0 Å². The van der Waals surface area contributed by atoms with Gasteiger partial charge >= 0.3 is 0 Å². The van der Waals surface area contributed by atoms with Crippen molar-refractivity contribution in [1.29, 1.82) is 0 Å². The van der Waals surface area contributed by atoms with Crippen LogP contribution in [0.25, 0.3) is 0 Å². The normalized spacial score (nSPS) is 12.6. The molecule has 2 nitrogen and oxygen atoms in total. The average Bonchev–Trinajstić information content (AvgIpc) is 2.84. The number of nitrogens with zero attached hydrogens (tertiary/aromatic N) is 1. The van der Waals surface area contributed by atoms with Crippen LogP contribution in [0.2, 0.25) is 0 Å². The highest BCUT2D eigenvalue weighted by Gasteiger charge is 2.09. The number of halogens is 1. The second kappa shape index (κ2) is 6.92. The monoisotopic (exact) mass is 320 g/mol. The minimum absolute atomic E-state index is 0.466. The molecule has 2 rings (SSSR count). The molecule has 1 aromatic heterocycles. The molecule has 0 fully saturated rings. The number of aromatic nitrogens is 1.